The van der Waals surface area contributed by atoms with Crippen molar-refractivity contribution in [2.45, 2.75) is 52.5 Å². The van der Waals surface area contributed by atoms with Crippen molar-refractivity contribution in [1.82, 2.24) is 9.88 Å². The third-order valence-electron chi connectivity index (χ3n) is 7.43. The Labute approximate surface area is 236 Å². The number of amides is 1. The van der Waals surface area contributed by atoms with E-state index in [2.05, 4.69) is 29.4 Å². The molecule has 1 heterocycles. The van der Waals surface area contributed by atoms with Crippen LogP contribution in [0, 0.1) is 6.92 Å². The van der Waals surface area contributed by atoms with Gasteiger partial charge in [0.25, 0.3) is 5.91 Å². The van der Waals surface area contributed by atoms with Crippen molar-refractivity contribution in [3.05, 3.63) is 82.5 Å². The summed E-state index contributed by atoms with van der Waals surface area (Å²) in [6.45, 7) is 6.74. The lowest BCUT2D eigenvalue weighted by Crippen LogP contribution is -2.32. The lowest BCUT2D eigenvalue weighted by molar-refractivity contribution is 0.0735. The van der Waals surface area contributed by atoms with Crippen LogP contribution in [0.25, 0.3) is 10.9 Å². The van der Waals surface area contributed by atoms with Gasteiger partial charge in [-0.2, -0.15) is 0 Å². The SMILES string of the molecule is COc1cc(CN(CCCCc2c[nH]c3ccccc23)C(=O)c2c(C(C)C)ccc(C)c2O)cc(OC)c1OC. The molecule has 7 nitrogen and oxygen atoms in total. The number of H-pyrrole nitrogens is 1. The van der Waals surface area contributed by atoms with E-state index < -0.39 is 0 Å². The lowest BCUT2D eigenvalue weighted by atomic mass is 9.93. The number of methoxy groups -OCH3 is 3. The second kappa shape index (κ2) is 12.8. The summed E-state index contributed by atoms with van der Waals surface area (Å²) in [6.07, 6.45) is 4.70. The van der Waals surface area contributed by atoms with Gasteiger partial charge in [-0.1, -0.05) is 44.2 Å². The first-order valence-corrected chi connectivity index (χ1v) is 13.7. The largest absolute Gasteiger partial charge is 0.507 e. The quantitative estimate of drug-likeness (QED) is 0.188. The highest BCUT2D eigenvalue weighted by Gasteiger charge is 2.26. The Balaban J connectivity index is 1.62. The van der Waals surface area contributed by atoms with Crippen molar-refractivity contribution in [2.75, 3.05) is 27.9 Å². The Morgan fingerprint density at radius 2 is 1.68 bits per heavy atom. The van der Waals surface area contributed by atoms with Crippen LogP contribution in [0.1, 0.15) is 65.2 Å². The number of unbranched alkanes of at least 4 members (excludes halogenated alkanes) is 1. The maximum atomic E-state index is 14.2. The number of ether oxygens (including phenoxy) is 3. The number of para-hydroxylation sites is 1. The first-order chi connectivity index (χ1) is 19.3. The fourth-order valence-electron chi connectivity index (χ4n) is 5.23. The molecule has 0 saturated carbocycles. The van der Waals surface area contributed by atoms with Gasteiger partial charge in [0.15, 0.2) is 11.5 Å². The molecule has 212 valence electrons. The van der Waals surface area contributed by atoms with E-state index >= 15 is 0 Å². The molecule has 40 heavy (non-hydrogen) atoms. The van der Waals surface area contributed by atoms with E-state index in [0.717, 1.165) is 35.9 Å². The first-order valence-electron chi connectivity index (χ1n) is 13.7. The maximum absolute atomic E-state index is 14.2. The molecule has 4 rings (SSSR count). The van der Waals surface area contributed by atoms with Gasteiger partial charge in [-0.3, -0.25) is 4.79 Å². The summed E-state index contributed by atoms with van der Waals surface area (Å²) in [5, 5.41) is 12.3. The number of aromatic nitrogens is 1. The van der Waals surface area contributed by atoms with Crippen molar-refractivity contribution in [2.24, 2.45) is 0 Å². The molecule has 0 spiro atoms. The zero-order chi connectivity index (χ0) is 28.8. The average Bonchev–Trinajstić information content (AvgIpc) is 3.37. The molecule has 0 saturated heterocycles. The van der Waals surface area contributed by atoms with Crippen LogP contribution in [0.3, 0.4) is 0 Å². The van der Waals surface area contributed by atoms with Crippen molar-refractivity contribution in [1.29, 1.82) is 0 Å². The number of hydrogen-bond acceptors (Lipinski definition) is 5. The van der Waals surface area contributed by atoms with Gasteiger partial charge < -0.3 is 29.2 Å². The van der Waals surface area contributed by atoms with E-state index in [1.807, 2.05) is 56.0 Å². The number of rotatable bonds is 12. The number of phenolic OH excluding ortho intramolecular Hbond substituents is 1. The molecule has 2 N–H and O–H groups in total. The molecule has 0 unspecified atom stereocenters. The topological polar surface area (TPSA) is 84.0 Å². The minimum atomic E-state index is -0.189. The summed E-state index contributed by atoms with van der Waals surface area (Å²) in [5.74, 6) is 1.50. The number of carbonyl (C=O) groups excluding carboxylic acids is 1. The van der Waals surface area contributed by atoms with E-state index in [4.69, 9.17) is 14.2 Å². The second-order valence-corrected chi connectivity index (χ2v) is 10.4. The summed E-state index contributed by atoms with van der Waals surface area (Å²) in [6, 6.07) is 15.8. The van der Waals surface area contributed by atoms with Crippen molar-refractivity contribution < 1.29 is 24.1 Å². The number of aromatic amines is 1. The predicted molar refractivity (Wildman–Crippen MR) is 159 cm³/mol. The molecule has 4 aromatic rings. The molecule has 1 aromatic heterocycles. The van der Waals surface area contributed by atoms with Gasteiger partial charge >= 0.3 is 0 Å². The number of phenols is 1. The van der Waals surface area contributed by atoms with E-state index in [0.29, 0.717) is 41.5 Å². The fourth-order valence-corrected chi connectivity index (χ4v) is 5.23. The Hall–Kier alpha value is -4.13. The number of carbonyl (C=O) groups is 1. The van der Waals surface area contributed by atoms with Crippen LogP contribution in [0.15, 0.2) is 54.7 Å². The summed E-state index contributed by atoms with van der Waals surface area (Å²) in [4.78, 5) is 19.3. The van der Waals surface area contributed by atoms with Gasteiger partial charge in [0.2, 0.25) is 5.75 Å². The number of aromatic hydroxyl groups is 1. The molecule has 0 aliphatic carbocycles. The predicted octanol–water partition coefficient (Wildman–Crippen LogP) is 7.00. The van der Waals surface area contributed by atoms with Gasteiger partial charge in [0.1, 0.15) is 5.75 Å². The molecular formula is C33H40N2O5. The molecule has 3 aromatic carbocycles. The summed E-state index contributed by atoms with van der Waals surface area (Å²) in [7, 11) is 4.72. The Bertz CT molecular complexity index is 1450. The van der Waals surface area contributed by atoms with Crippen LogP contribution >= 0.6 is 0 Å². The minimum absolute atomic E-state index is 0.0462. The molecule has 0 fully saturated rings. The zero-order valence-corrected chi connectivity index (χ0v) is 24.3. The molecular weight excluding hydrogens is 504 g/mol. The number of benzene rings is 3. The van der Waals surface area contributed by atoms with Crippen molar-refractivity contribution >= 4 is 16.8 Å². The van der Waals surface area contributed by atoms with Crippen LogP contribution in [0.5, 0.6) is 23.0 Å². The molecule has 0 aliphatic heterocycles. The van der Waals surface area contributed by atoms with Crippen LogP contribution in [-0.4, -0.2) is 48.8 Å². The van der Waals surface area contributed by atoms with E-state index in [1.165, 1.54) is 10.9 Å². The Morgan fingerprint density at radius 3 is 2.33 bits per heavy atom. The summed E-state index contributed by atoms with van der Waals surface area (Å²) in [5.41, 5.74) is 5.14. The summed E-state index contributed by atoms with van der Waals surface area (Å²) < 4.78 is 16.6. The molecule has 0 aliphatic rings. The number of aryl methyl sites for hydroxylation is 2. The number of fused-ring (bicyclic) bond motifs is 1. The molecule has 7 heteroatoms. The first kappa shape index (κ1) is 28.9. The van der Waals surface area contributed by atoms with Gasteiger partial charge in [0, 0.05) is 30.2 Å². The average molecular weight is 545 g/mol. The number of nitrogens with zero attached hydrogens (tertiary/aromatic N) is 1. The van der Waals surface area contributed by atoms with E-state index in [1.54, 1.807) is 21.3 Å². The lowest BCUT2D eigenvalue weighted by Gasteiger charge is -2.26. The highest BCUT2D eigenvalue weighted by atomic mass is 16.5. The standard InChI is InChI=1S/C33H40N2O5/c1-21(2)25-15-14-22(3)31(36)30(25)33(37)35(20-23-17-28(38-4)32(40-6)29(18-23)39-5)16-10-9-11-24-19-34-27-13-8-7-12-26(24)27/h7-8,12-15,17-19,21,34,36H,9-11,16,20H2,1-6H3. The third kappa shape index (κ3) is 6.03. The van der Waals surface area contributed by atoms with Gasteiger partial charge in [0.05, 0.1) is 26.9 Å². The second-order valence-electron chi connectivity index (χ2n) is 10.4. The van der Waals surface area contributed by atoms with Crippen LogP contribution in [0.2, 0.25) is 0 Å². The van der Waals surface area contributed by atoms with Crippen LogP contribution in [-0.2, 0) is 13.0 Å². The number of nitrogens with one attached hydrogen (secondary N) is 1. The fraction of sp³-hybridized carbons (Fsp3) is 0.364. The van der Waals surface area contributed by atoms with E-state index in [-0.39, 0.29) is 17.6 Å². The normalized spacial score (nSPS) is 11.2. The number of hydrogen-bond donors (Lipinski definition) is 2. The van der Waals surface area contributed by atoms with E-state index in [9.17, 15) is 9.90 Å². The third-order valence-corrected chi connectivity index (χ3v) is 7.43. The molecule has 0 atom stereocenters. The van der Waals surface area contributed by atoms with Crippen LogP contribution < -0.4 is 14.2 Å². The molecule has 0 bridgehead atoms. The Morgan fingerprint density at radius 1 is 0.975 bits per heavy atom. The minimum Gasteiger partial charge on any atom is -0.507 e. The van der Waals surface area contributed by atoms with Crippen LogP contribution in [0.4, 0.5) is 0 Å². The monoisotopic (exact) mass is 544 g/mol. The molecule has 0 radical (unpaired) electrons. The van der Waals surface area contributed by atoms with Gasteiger partial charge in [-0.15, -0.1) is 0 Å². The summed E-state index contributed by atoms with van der Waals surface area (Å²) >= 11 is 0. The highest BCUT2D eigenvalue weighted by Crippen LogP contribution is 2.39. The van der Waals surface area contributed by atoms with Gasteiger partial charge in [-0.05, 0) is 72.6 Å². The van der Waals surface area contributed by atoms with Crippen molar-refractivity contribution in [3.63, 3.8) is 0 Å². The Kier molecular flexibility index (Phi) is 9.25. The smallest absolute Gasteiger partial charge is 0.258 e. The van der Waals surface area contributed by atoms with Crippen molar-refractivity contribution in [3.8, 4) is 23.0 Å². The molecule has 1 amide bonds. The maximum Gasteiger partial charge on any atom is 0.258 e. The highest BCUT2D eigenvalue weighted by molar-refractivity contribution is 5.99. The zero-order valence-electron chi connectivity index (χ0n) is 24.3. The van der Waals surface area contributed by atoms with Gasteiger partial charge in [-0.25, -0.2) is 0 Å².